The molecule has 0 spiro atoms. The van der Waals surface area contributed by atoms with Crippen LogP contribution < -0.4 is 15.6 Å². The third kappa shape index (κ3) is 1.42. The molecule has 0 atom stereocenters. The molecule has 1 heterocycles. The fourth-order valence-corrected chi connectivity index (χ4v) is 1.58. The van der Waals surface area contributed by atoms with E-state index in [2.05, 4.69) is 0 Å². The van der Waals surface area contributed by atoms with Crippen LogP contribution in [0.1, 0.15) is 5.76 Å². The molecule has 1 aromatic heterocycles. The van der Waals surface area contributed by atoms with E-state index >= 15 is 0 Å². The average molecular weight is 202 g/mol. The van der Waals surface area contributed by atoms with Gasteiger partial charge in [0.25, 0.3) is 0 Å². The Morgan fingerprint density at radius 1 is 1.40 bits per heavy atom. The smallest absolute Gasteiger partial charge is 0.190 e. The quantitative estimate of drug-likeness (QED) is 0.627. The summed E-state index contributed by atoms with van der Waals surface area (Å²) in [5.41, 5.74) is 1.18. The highest BCUT2D eigenvalue weighted by atomic mass is 16.5. The maximum Gasteiger partial charge on any atom is 0.190 e. The van der Waals surface area contributed by atoms with E-state index in [1.807, 2.05) is 0 Å². The van der Waals surface area contributed by atoms with Gasteiger partial charge in [0.05, 0.1) is 12.9 Å². The van der Waals surface area contributed by atoms with E-state index in [1.54, 1.807) is 40.1 Å². The molecule has 0 aliphatic heterocycles. The summed E-state index contributed by atoms with van der Waals surface area (Å²) in [6, 6.07) is 5.33. The van der Waals surface area contributed by atoms with Crippen molar-refractivity contribution in [2.45, 2.75) is 6.92 Å². The lowest BCUT2D eigenvalue weighted by atomic mass is 9.93. The van der Waals surface area contributed by atoms with Crippen molar-refractivity contribution in [3.63, 3.8) is 0 Å². The van der Waals surface area contributed by atoms with Crippen LogP contribution in [0, 0.1) is 6.92 Å². The van der Waals surface area contributed by atoms with E-state index in [4.69, 9.17) is 9.15 Å². The van der Waals surface area contributed by atoms with Crippen LogP contribution in [-0.2, 0) is 0 Å². The van der Waals surface area contributed by atoms with Gasteiger partial charge in [0, 0.05) is 0 Å². The van der Waals surface area contributed by atoms with Gasteiger partial charge in [-0.05, 0) is 24.5 Å². The second-order valence-electron chi connectivity index (χ2n) is 3.45. The zero-order valence-electron chi connectivity index (χ0n) is 8.96. The Hall–Kier alpha value is -1.71. The van der Waals surface area contributed by atoms with Crippen LogP contribution in [0.2, 0.25) is 0 Å². The van der Waals surface area contributed by atoms with Gasteiger partial charge >= 0.3 is 0 Å². The second-order valence-corrected chi connectivity index (χ2v) is 3.45. The number of methoxy groups -OCH3 is 1. The van der Waals surface area contributed by atoms with E-state index in [0.717, 1.165) is 0 Å². The lowest BCUT2D eigenvalue weighted by Crippen LogP contribution is -2.27. The van der Waals surface area contributed by atoms with Gasteiger partial charge in [-0.3, -0.25) is 4.79 Å². The number of hydrogen-bond donors (Lipinski definition) is 0. The lowest BCUT2D eigenvalue weighted by molar-refractivity contribution is 0.418. The minimum absolute atomic E-state index is 0.0220. The zero-order valence-corrected chi connectivity index (χ0v) is 8.96. The Balaban J connectivity index is 3.00. The Bertz CT molecular complexity index is 572. The van der Waals surface area contributed by atoms with Crippen molar-refractivity contribution in [1.29, 1.82) is 0 Å². The Morgan fingerprint density at radius 3 is 2.80 bits per heavy atom. The molecule has 0 radical (unpaired) electrons. The van der Waals surface area contributed by atoms with Crippen LogP contribution in [0.15, 0.2) is 27.4 Å². The topological polar surface area (TPSA) is 39.4 Å². The van der Waals surface area contributed by atoms with Gasteiger partial charge in [-0.15, -0.1) is 0 Å². The number of rotatable bonds is 1. The van der Waals surface area contributed by atoms with Crippen LogP contribution in [0.3, 0.4) is 0 Å². The summed E-state index contributed by atoms with van der Waals surface area (Å²) in [6.07, 6.45) is 0. The molecule has 0 saturated heterocycles. The molecule has 2 rings (SSSR count). The average Bonchev–Trinajstić information content (AvgIpc) is 2.25. The van der Waals surface area contributed by atoms with Crippen LogP contribution in [-0.4, -0.2) is 15.0 Å². The molecule has 0 aliphatic carbocycles. The molecular weight excluding hydrogens is 191 g/mol. The van der Waals surface area contributed by atoms with Crippen LogP contribution in [0.5, 0.6) is 5.75 Å². The first kappa shape index (κ1) is 9.83. The molecule has 0 saturated carbocycles. The highest BCUT2D eigenvalue weighted by Crippen LogP contribution is 2.21. The summed E-state index contributed by atoms with van der Waals surface area (Å²) in [6.45, 7) is 1.79. The van der Waals surface area contributed by atoms with Crippen molar-refractivity contribution < 1.29 is 9.15 Å². The lowest BCUT2D eigenvalue weighted by Gasteiger charge is -2.06. The molecule has 3 nitrogen and oxygen atoms in total. The minimum atomic E-state index is -0.0220. The van der Waals surface area contributed by atoms with E-state index in [-0.39, 0.29) is 5.43 Å². The van der Waals surface area contributed by atoms with Crippen molar-refractivity contribution >= 4 is 24.3 Å². The van der Waals surface area contributed by atoms with Crippen molar-refractivity contribution in [1.82, 2.24) is 0 Å². The van der Waals surface area contributed by atoms with Gasteiger partial charge in [-0.2, -0.15) is 0 Å². The zero-order chi connectivity index (χ0) is 11.0. The molecule has 4 heteroatoms. The predicted octanol–water partition coefficient (Wildman–Crippen LogP) is 0.368. The molecule has 2 aromatic rings. The third-order valence-electron chi connectivity index (χ3n) is 2.57. The van der Waals surface area contributed by atoms with Crippen molar-refractivity contribution in [3.05, 3.63) is 34.2 Å². The Morgan fingerprint density at radius 2 is 2.13 bits per heavy atom. The van der Waals surface area contributed by atoms with E-state index in [0.29, 0.717) is 27.9 Å². The van der Waals surface area contributed by atoms with Crippen molar-refractivity contribution in [3.8, 4) is 5.75 Å². The summed E-state index contributed by atoms with van der Waals surface area (Å²) < 4.78 is 10.7. The number of benzene rings is 1. The molecule has 0 N–H and O–H groups in total. The molecule has 0 aliphatic rings. The molecule has 0 fully saturated rings. The second kappa shape index (κ2) is 3.46. The van der Waals surface area contributed by atoms with E-state index in [1.165, 1.54) is 0 Å². The summed E-state index contributed by atoms with van der Waals surface area (Å²) >= 11 is 0. The van der Waals surface area contributed by atoms with Gasteiger partial charge in [0.1, 0.15) is 24.6 Å². The first-order valence-electron chi connectivity index (χ1n) is 4.72. The molecule has 0 amide bonds. The molecule has 0 bridgehead atoms. The van der Waals surface area contributed by atoms with Gasteiger partial charge in [-0.25, -0.2) is 0 Å². The summed E-state index contributed by atoms with van der Waals surface area (Å²) in [5, 5.41) is 0.517. The van der Waals surface area contributed by atoms with Gasteiger partial charge in [-0.1, -0.05) is 6.07 Å². The SMILES string of the molecule is Bc1c(C)oc2cccc(OC)c2c1=O. The summed E-state index contributed by atoms with van der Waals surface area (Å²) in [4.78, 5) is 12.0. The fourth-order valence-electron chi connectivity index (χ4n) is 1.58. The fraction of sp³-hybridized carbons (Fsp3) is 0.182. The standard InChI is InChI=1S/C11H11BO3/c1-6-10(12)11(13)9-7(14-2)4-3-5-8(9)15-6/h3-5H,12H2,1-2H3. The molecule has 0 unspecified atom stereocenters. The molecule has 1 aromatic carbocycles. The molecule has 76 valence electrons. The largest absolute Gasteiger partial charge is 0.496 e. The van der Waals surface area contributed by atoms with Crippen LogP contribution in [0.25, 0.3) is 11.0 Å². The summed E-state index contributed by atoms with van der Waals surface area (Å²) in [7, 11) is 3.30. The van der Waals surface area contributed by atoms with Crippen LogP contribution >= 0.6 is 0 Å². The number of hydrogen-bond acceptors (Lipinski definition) is 3. The highest BCUT2D eigenvalue weighted by molar-refractivity contribution is 6.33. The number of aryl methyl sites for hydroxylation is 1. The Labute approximate surface area is 88.1 Å². The maximum absolute atomic E-state index is 12.0. The summed E-state index contributed by atoms with van der Waals surface area (Å²) in [5.74, 6) is 1.21. The van der Waals surface area contributed by atoms with Crippen molar-refractivity contribution in [2.24, 2.45) is 0 Å². The van der Waals surface area contributed by atoms with Gasteiger partial charge in [0.2, 0.25) is 0 Å². The highest BCUT2D eigenvalue weighted by Gasteiger charge is 2.11. The van der Waals surface area contributed by atoms with Crippen LogP contribution in [0.4, 0.5) is 0 Å². The molecule has 15 heavy (non-hydrogen) atoms. The first-order chi connectivity index (χ1) is 7.15. The number of fused-ring (bicyclic) bond motifs is 1. The maximum atomic E-state index is 12.0. The molecular formula is C11H11BO3. The van der Waals surface area contributed by atoms with Gasteiger partial charge < -0.3 is 9.15 Å². The first-order valence-corrected chi connectivity index (χ1v) is 4.72. The monoisotopic (exact) mass is 202 g/mol. The van der Waals surface area contributed by atoms with E-state index in [9.17, 15) is 4.79 Å². The third-order valence-corrected chi connectivity index (χ3v) is 2.57. The predicted molar refractivity (Wildman–Crippen MR) is 62.0 cm³/mol. The Kier molecular flexibility index (Phi) is 2.27. The normalized spacial score (nSPS) is 10.5. The number of ether oxygens (including phenoxy) is 1. The minimum Gasteiger partial charge on any atom is -0.496 e. The van der Waals surface area contributed by atoms with E-state index < -0.39 is 0 Å². The van der Waals surface area contributed by atoms with Gasteiger partial charge in [0.15, 0.2) is 5.43 Å². The van der Waals surface area contributed by atoms with Crippen molar-refractivity contribution in [2.75, 3.05) is 7.11 Å².